The summed E-state index contributed by atoms with van der Waals surface area (Å²) >= 11 is 0.577. The Hall–Kier alpha value is -1.44. The molecule has 0 spiro atoms. The van der Waals surface area contributed by atoms with Crippen molar-refractivity contribution in [1.29, 1.82) is 0 Å². The molecular formula is C18H14N2Se2. The van der Waals surface area contributed by atoms with Gasteiger partial charge in [0, 0.05) is 0 Å². The van der Waals surface area contributed by atoms with Crippen molar-refractivity contribution in [3.8, 4) is 0 Å². The molecule has 2 aromatic carbocycles. The summed E-state index contributed by atoms with van der Waals surface area (Å²) in [6.07, 6.45) is 8.42. The van der Waals surface area contributed by atoms with Crippen LogP contribution in [0.3, 0.4) is 0 Å². The van der Waals surface area contributed by atoms with Crippen molar-refractivity contribution in [3.05, 3.63) is 48.6 Å². The number of nitrogens with zero attached hydrogens (tertiary/aromatic N) is 2. The average Bonchev–Trinajstić information content (AvgIpc) is 2.53. The van der Waals surface area contributed by atoms with Crippen LogP contribution in [-0.4, -0.2) is 39.1 Å². The first-order valence-electron chi connectivity index (χ1n) is 7.18. The van der Waals surface area contributed by atoms with Gasteiger partial charge in [-0.05, 0) is 0 Å². The van der Waals surface area contributed by atoms with Gasteiger partial charge < -0.3 is 0 Å². The molecule has 4 rings (SSSR count). The number of benzene rings is 2. The number of aliphatic imine (C=N–C) groups is 2. The molecule has 0 unspecified atom stereocenters. The summed E-state index contributed by atoms with van der Waals surface area (Å²) in [6.45, 7) is 4.10. The topological polar surface area (TPSA) is 24.7 Å². The maximum atomic E-state index is 4.85. The van der Waals surface area contributed by atoms with E-state index in [9.17, 15) is 0 Å². The zero-order chi connectivity index (χ0) is 15.1. The molecule has 0 aliphatic carbocycles. The van der Waals surface area contributed by atoms with Crippen LogP contribution in [0.4, 0.5) is 11.4 Å². The van der Waals surface area contributed by atoms with Gasteiger partial charge in [-0.15, -0.1) is 0 Å². The molecule has 4 heteroatoms. The van der Waals surface area contributed by atoms with Crippen molar-refractivity contribution in [2.45, 2.75) is 13.8 Å². The Morgan fingerprint density at radius 1 is 0.727 bits per heavy atom. The van der Waals surface area contributed by atoms with Gasteiger partial charge in [0.2, 0.25) is 0 Å². The Kier molecular flexibility index (Phi) is 3.63. The Morgan fingerprint density at radius 2 is 1.18 bits per heavy atom. The van der Waals surface area contributed by atoms with E-state index in [1.807, 2.05) is 13.8 Å². The number of hydrogen-bond acceptors (Lipinski definition) is 2. The second-order valence-corrected chi connectivity index (χ2v) is 9.48. The van der Waals surface area contributed by atoms with Crippen LogP contribution in [0.1, 0.15) is 13.8 Å². The van der Waals surface area contributed by atoms with Gasteiger partial charge >= 0.3 is 143 Å². The number of rotatable bonds is 2. The summed E-state index contributed by atoms with van der Waals surface area (Å²) < 4.78 is 5.27. The Morgan fingerprint density at radius 3 is 1.59 bits per heavy atom. The first-order valence-corrected chi connectivity index (χ1v) is 10.6. The Labute approximate surface area is 142 Å². The molecule has 0 fully saturated rings. The third-order valence-corrected chi connectivity index (χ3v) is 7.73. The van der Waals surface area contributed by atoms with Crippen LogP contribution in [0.5, 0.6) is 0 Å². The van der Waals surface area contributed by atoms with Gasteiger partial charge in [0.15, 0.2) is 0 Å². The molecule has 0 amide bonds. The molecule has 2 nitrogen and oxygen atoms in total. The molecule has 2 heterocycles. The zero-order valence-corrected chi connectivity index (χ0v) is 15.8. The molecule has 0 bridgehead atoms. The predicted octanol–water partition coefficient (Wildman–Crippen LogP) is 2.74. The molecule has 0 atom stereocenters. The fourth-order valence-corrected chi connectivity index (χ4v) is 6.96. The molecule has 2 aliphatic heterocycles. The third kappa shape index (κ3) is 2.24. The molecule has 0 saturated heterocycles. The second-order valence-electron chi connectivity index (χ2n) is 5.02. The van der Waals surface area contributed by atoms with E-state index in [0.717, 1.165) is 11.4 Å². The minimum absolute atomic E-state index is 0.289. The molecular weight excluding hydrogens is 402 g/mol. The number of allylic oxidation sites excluding steroid dienone is 4. The van der Waals surface area contributed by atoms with Crippen LogP contribution >= 0.6 is 0 Å². The maximum absolute atomic E-state index is 4.85. The number of hydrogen-bond donors (Lipinski definition) is 0. The van der Waals surface area contributed by atoms with Gasteiger partial charge in [0.05, 0.1) is 0 Å². The summed E-state index contributed by atoms with van der Waals surface area (Å²) in [6, 6.07) is 8.87. The molecule has 108 valence electrons. The molecule has 2 aromatic rings. The van der Waals surface area contributed by atoms with E-state index in [-0.39, 0.29) is 29.9 Å². The molecule has 0 saturated carbocycles. The van der Waals surface area contributed by atoms with Gasteiger partial charge in [0.25, 0.3) is 0 Å². The van der Waals surface area contributed by atoms with Gasteiger partial charge in [0.1, 0.15) is 0 Å². The molecule has 0 radical (unpaired) electrons. The second kappa shape index (κ2) is 5.64. The van der Waals surface area contributed by atoms with Crippen molar-refractivity contribution < 1.29 is 0 Å². The van der Waals surface area contributed by atoms with Crippen LogP contribution in [-0.2, 0) is 0 Å². The monoisotopic (exact) mass is 418 g/mol. The zero-order valence-electron chi connectivity index (χ0n) is 12.3. The van der Waals surface area contributed by atoms with E-state index in [1.165, 1.54) is 28.9 Å². The van der Waals surface area contributed by atoms with Gasteiger partial charge in [-0.3, -0.25) is 0 Å². The van der Waals surface area contributed by atoms with Crippen molar-refractivity contribution in [1.82, 2.24) is 0 Å². The van der Waals surface area contributed by atoms with Crippen LogP contribution in [0, 0.1) is 0 Å². The van der Waals surface area contributed by atoms with E-state index in [0.29, 0.717) is 0 Å². The van der Waals surface area contributed by atoms with Crippen LogP contribution in [0.15, 0.2) is 58.6 Å². The Balaban J connectivity index is 2.00. The fourth-order valence-electron chi connectivity index (χ4n) is 2.69. The quantitative estimate of drug-likeness (QED) is 0.673. The summed E-state index contributed by atoms with van der Waals surface area (Å²) in [7, 11) is 0. The molecule has 22 heavy (non-hydrogen) atoms. The van der Waals surface area contributed by atoms with Crippen LogP contribution in [0.2, 0.25) is 0 Å². The standard InChI is InChI=1S/C18H14N2Se2/c1-3-5-15-19-11-7-10-14-18-12(20-16(22-14)6-4-2)8-9-13(21-15)17(11)18/h3-10H,1-2H3/b5-3+,6-4+. The predicted molar refractivity (Wildman–Crippen MR) is 98.5 cm³/mol. The third-order valence-electron chi connectivity index (χ3n) is 3.55. The molecule has 0 aromatic heterocycles. The summed E-state index contributed by atoms with van der Waals surface area (Å²) in [4.78, 5) is 9.70. The van der Waals surface area contributed by atoms with E-state index in [4.69, 9.17) is 9.98 Å². The summed E-state index contributed by atoms with van der Waals surface area (Å²) in [5.74, 6) is 0. The first-order chi connectivity index (χ1) is 10.8. The van der Waals surface area contributed by atoms with Crippen molar-refractivity contribution in [3.63, 3.8) is 0 Å². The van der Waals surface area contributed by atoms with Crippen LogP contribution in [0.25, 0.3) is 10.8 Å². The van der Waals surface area contributed by atoms with E-state index < -0.39 is 0 Å². The van der Waals surface area contributed by atoms with Gasteiger partial charge in [-0.25, -0.2) is 0 Å². The summed E-state index contributed by atoms with van der Waals surface area (Å²) in [5.41, 5.74) is 2.22. The van der Waals surface area contributed by atoms with Crippen molar-refractivity contribution in [2.75, 3.05) is 0 Å². The summed E-state index contributed by atoms with van der Waals surface area (Å²) in [5, 5.41) is 2.68. The average molecular weight is 416 g/mol. The van der Waals surface area contributed by atoms with Crippen LogP contribution < -0.4 is 8.92 Å². The van der Waals surface area contributed by atoms with Gasteiger partial charge in [-0.2, -0.15) is 0 Å². The van der Waals surface area contributed by atoms with Crippen molar-refractivity contribution in [2.24, 2.45) is 9.98 Å². The first kappa shape index (κ1) is 14.2. The molecule has 2 aliphatic rings. The van der Waals surface area contributed by atoms with E-state index in [2.05, 4.69) is 48.6 Å². The molecule has 0 N–H and O–H groups in total. The van der Waals surface area contributed by atoms with E-state index in [1.54, 1.807) is 0 Å². The van der Waals surface area contributed by atoms with E-state index >= 15 is 0 Å². The van der Waals surface area contributed by atoms with Crippen molar-refractivity contribution >= 4 is 70.2 Å². The fraction of sp³-hybridized carbons (Fsp3) is 0.111. The SMILES string of the molecule is C/C=C/C1=Nc2ccc3c4c(ccc(c24)[Se]1)N=C(/C=C/C)[Se]3. The minimum atomic E-state index is 0.289. The Bertz CT molecular complexity index is 830. The normalized spacial score (nSPS) is 16.5. The van der Waals surface area contributed by atoms with Gasteiger partial charge in [-0.1, -0.05) is 0 Å².